The minimum absolute atomic E-state index is 0.649. The molecule has 2 aromatic rings. The predicted molar refractivity (Wildman–Crippen MR) is 71.3 cm³/mol. The molecule has 0 aliphatic heterocycles. The molecule has 0 aromatic carbocycles. The van der Waals surface area contributed by atoms with Crippen LogP contribution in [0.15, 0.2) is 12.7 Å². The Kier molecular flexibility index (Phi) is 4.25. The van der Waals surface area contributed by atoms with Crippen LogP contribution in [-0.2, 0) is 13.0 Å². The summed E-state index contributed by atoms with van der Waals surface area (Å²) in [6, 6.07) is 0. The van der Waals surface area contributed by atoms with Gasteiger partial charge in [-0.15, -0.1) is 0 Å². The fourth-order valence-electron chi connectivity index (χ4n) is 2.02. The Morgan fingerprint density at radius 1 is 1.33 bits per heavy atom. The van der Waals surface area contributed by atoms with Gasteiger partial charge in [-0.1, -0.05) is 27.2 Å². The predicted octanol–water partition coefficient (Wildman–Crippen LogP) is 1.82. The summed E-state index contributed by atoms with van der Waals surface area (Å²) in [5.74, 6) is 0.649. The molecule has 2 aromatic heterocycles. The van der Waals surface area contributed by atoms with E-state index in [1.54, 1.807) is 17.2 Å². The summed E-state index contributed by atoms with van der Waals surface area (Å²) in [6.45, 7) is 8.39. The van der Waals surface area contributed by atoms with E-state index in [0.717, 1.165) is 37.3 Å². The third kappa shape index (κ3) is 2.85. The molecule has 0 amide bonds. The first kappa shape index (κ1) is 13.0. The largest absolute Gasteiger partial charge is 0.311 e. The first-order chi connectivity index (χ1) is 8.72. The van der Waals surface area contributed by atoms with Crippen molar-refractivity contribution in [1.29, 1.82) is 0 Å². The van der Waals surface area contributed by atoms with Gasteiger partial charge in [0.25, 0.3) is 0 Å². The Labute approximate surface area is 108 Å². The zero-order valence-corrected chi connectivity index (χ0v) is 11.3. The normalized spacial score (nSPS) is 11.6. The number of hydrogen-bond donors (Lipinski definition) is 1. The lowest BCUT2D eigenvalue weighted by molar-refractivity contribution is 0.545. The van der Waals surface area contributed by atoms with Crippen LogP contribution in [0.2, 0.25) is 0 Å². The Bertz CT molecular complexity index is 503. The highest BCUT2D eigenvalue weighted by molar-refractivity contribution is 5.48. The van der Waals surface area contributed by atoms with Crippen molar-refractivity contribution in [3.63, 3.8) is 0 Å². The summed E-state index contributed by atoms with van der Waals surface area (Å²) < 4.78 is 1.75. The molecule has 5 nitrogen and oxygen atoms in total. The lowest BCUT2D eigenvalue weighted by Crippen LogP contribution is -2.21. The molecule has 1 N–H and O–H groups in total. The first-order valence-electron chi connectivity index (χ1n) is 6.59. The van der Waals surface area contributed by atoms with Gasteiger partial charge in [0, 0.05) is 12.1 Å². The van der Waals surface area contributed by atoms with Crippen molar-refractivity contribution in [2.75, 3.05) is 6.54 Å². The molecule has 98 valence electrons. The van der Waals surface area contributed by atoms with Gasteiger partial charge in [0.05, 0.1) is 5.69 Å². The minimum atomic E-state index is 0.649. The summed E-state index contributed by atoms with van der Waals surface area (Å²) in [6.07, 6.45) is 5.41. The minimum Gasteiger partial charge on any atom is -0.311 e. The highest BCUT2D eigenvalue weighted by atomic mass is 15.3. The fraction of sp³-hybridized carbons (Fsp3) is 0.615. The molecule has 0 aliphatic rings. The van der Waals surface area contributed by atoms with Gasteiger partial charge in [-0.05, 0) is 18.9 Å². The molecule has 0 saturated carbocycles. The van der Waals surface area contributed by atoms with Crippen molar-refractivity contribution in [1.82, 2.24) is 24.9 Å². The molecular formula is C13H21N5. The highest BCUT2D eigenvalue weighted by Crippen LogP contribution is 2.13. The SMILES string of the molecule is CCCc1c(CNCC(C)C)ncn2ncnc12. The number of hydrogen-bond acceptors (Lipinski definition) is 4. The molecule has 2 rings (SSSR count). The van der Waals surface area contributed by atoms with Gasteiger partial charge >= 0.3 is 0 Å². The van der Waals surface area contributed by atoms with Gasteiger partial charge in [0.1, 0.15) is 12.7 Å². The number of rotatable bonds is 6. The summed E-state index contributed by atoms with van der Waals surface area (Å²) in [7, 11) is 0. The Hall–Kier alpha value is -1.49. The zero-order chi connectivity index (χ0) is 13.0. The lowest BCUT2D eigenvalue weighted by Gasteiger charge is -2.11. The van der Waals surface area contributed by atoms with Gasteiger partial charge < -0.3 is 5.32 Å². The average molecular weight is 247 g/mol. The average Bonchev–Trinajstić information content (AvgIpc) is 2.79. The smallest absolute Gasteiger partial charge is 0.162 e. The van der Waals surface area contributed by atoms with E-state index in [1.807, 2.05) is 0 Å². The number of aryl methyl sites for hydroxylation is 1. The topological polar surface area (TPSA) is 55.1 Å². The van der Waals surface area contributed by atoms with Crippen molar-refractivity contribution in [3.05, 3.63) is 23.9 Å². The van der Waals surface area contributed by atoms with Crippen LogP contribution < -0.4 is 5.32 Å². The molecule has 18 heavy (non-hydrogen) atoms. The highest BCUT2D eigenvalue weighted by Gasteiger charge is 2.10. The third-order valence-corrected chi connectivity index (χ3v) is 2.86. The second-order valence-corrected chi connectivity index (χ2v) is 4.97. The molecule has 0 unspecified atom stereocenters. The van der Waals surface area contributed by atoms with Gasteiger partial charge in [-0.25, -0.2) is 14.5 Å². The number of aromatic nitrogens is 4. The quantitative estimate of drug-likeness (QED) is 0.846. The van der Waals surface area contributed by atoms with E-state index >= 15 is 0 Å². The first-order valence-corrected chi connectivity index (χ1v) is 6.59. The molecule has 0 bridgehead atoms. The van der Waals surface area contributed by atoms with Crippen LogP contribution >= 0.6 is 0 Å². The molecule has 2 heterocycles. The molecule has 0 fully saturated rings. The third-order valence-electron chi connectivity index (χ3n) is 2.86. The van der Waals surface area contributed by atoms with Crippen LogP contribution in [0.1, 0.15) is 38.4 Å². The van der Waals surface area contributed by atoms with Crippen LogP contribution in [0.25, 0.3) is 5.65 Å². The van der Waals surface area contributed by atoms with E-state index in [0.29, 0.717) is 5.92 Å². The van der Waals surface area contributed by atoms with E-state index < -0.39 is 0 Å². The van der Waals surface area contributed by atoms with Crippen molar-refractivity contribution >= 4 is 5.65 Å². The van der Waals surface area contributed by atoms with Crippen LogP contribution in [0.4, 0.5) is 0 Å². The monoisotopic (exact) mass is 247 g/mol. The summed E-state index contributed by atoms with van der Waals surface area (Å²) in [4.78, 5) is 8.82. The fourth-order valence-corrected chi connectivity index (χ4v) is 2.02. The van der Waals surface area contributed by atoms with E-state index in [9.17, 15) is 0 Å². The molecule has 0 saturated heterocycles. The Balaban J connectivity index is 2.22. The van der Waals surface area contributed by atoms with E-state index in [2.05, 4.69) is 41.2 Å². The molecule has 0 spiro atoms. The van der Waals surface area contributed by atoms with Crippen molar-refractivity contribution in [3.8, 4) is 0 Å². The standard InChI is InChI=1S/C13H21N5/c1-4-5-11-12(7-14-6-10(2)3)16-9-18-13(11)15-8-17-18/h8-10,14H,4-7H2,1-3H3. The van der Waals surface area contributed by atoms with Crippen molar-refractivity contribution < 1.29 is 0 Å². The number of nitrogens with zero attached hydrogens (tertiary/aromatic N) is 4. The van der Waals surface area contributed by atoms with Crippen LogP contribution in [0.5, 0.6) is 0 Å². The maximum Gasteiger partial charge on any atom is 0.162 e. The molecular weight excluding hydrogens is 226 g/mol. The molecule has 0 aliphatic carbocycles. The lowest BCUT2D eigenvalue weighted by atomic mass is 10.1. The Morgan fingerprint density at radius 2 is 2.17 bits per heavy atom. The van der Waals surface area contributed by atoms with Gasteiger partial charge in [-0.3, -0.25) is 0 Å². The van der Waals surface area contributed by atoms with Crippen molar-refractivity contribution in [2.24, 2.45) is 5.92 Å². The van der Waals surface area contributed by atoms with E-state index in [1.165, 1.54) is 5.56 Å². The van der Waals surface area contributed by atoms with Crippen LogP contribution in [-0.4, -0.2) is 26.1 Å². The van der Waals surface area contributed by atoms with E-state index in [4.69, 9.17) is 0 Å². The van der Waals surface area contributed by atoms with Gasteiger partial charge in [0.2, 0.25) is 0 Å². The van der Waals surface area contributed by atoms with Crippen molar-refractivity contribution in [2.45, 2.75) is 40.2 Å². The summed E-state index contributed by atoms with van der Waals surface area (Å²) >= 11 is 0. The maximum atomic E-state index is 4.49. The summed E-state index contributed by atoms with van der Waals surface area (Å²) in [5, 5.41) is 7.57. The van der Waals surface area contributed by atoms with Gasteiger partial charge in [0.15, 0.2) is 5.65 Å². The van der Waals surface area contributed by atoms with Crippen LogP contribution in [0, 0.1) is 5.92 Å². The zero-order valence-electron chi connectivity index (χ0n) is 11.3. The molecule has 0 radical (unpaired) electrons. The molecule has 0 atom stereocenters. The number of nitrogens with one attached hydrogen (secondary N) is 1. The number of fused-ring (bicyclic) bond motifs is 1. The van der Waals surface area contributed by atoms with Gasteiger partial charge in [-0.2, -0.15) is 5.10 Å². The van der Waals surface area contributed by atoms with Crippen LogP contribution in [0.3, 0.4) is 0 Å². The Morgan fingerprint density at radius 3 is 2.89 bits per heavy atom. The second kappa shape index (κ2) is 5.91. The van der Waals surface area contributed by atoms with E-state index in [-0.39, 0.29) is 0 Å². The summed E-state index contributed by atoms with van der Waals surface area (Å²) in [5.41, 5.74) is 3.25. The molecule has 5 heteroatoms. The maximum absolute atomic E-state index is 4.49. The second-order valence-electron chi connectivity index (χ2n) is 4.97.